The Morgan fingerprint density at radius 2 is 2.00 bits per heavy atom. The minimum Gasteiger partial charge on any atom is -0.495 e. The predicted octanol–water partition coefficient (Wildman–Crippen LogP) is 2.47. The van der Waals surface area contributed by atoms with Crippen LogP contribution < -0.4 is 9.47 Å². The molecule has 1 aromatic carbocycles. The monoisotopic (exact) mass is 274 g/mol. The minimum atomic E-state index is -1.00. The van der Waals surface area contributed by atoms with Crippen molar-refractivity contribution in [2.24, 2.45) is 0 Å². The van der Waals surface area contributed by atoms with Crippen molar-refractivity contribution in [1.82, 2.24) is 0 Å². The van der Waals surface area contributed by atoms with Crippen LogP contribution in [0.1, 0.15) is 15.9 Å². The van der Waals surface area contributed by atoms with Gasteiger partial charge in [0.25, 0.3) is 0 Å². The first-order valence-corrected chi connectivity index (χ1v) is 4.96. The van der Waals surface area contributed by atoms with Crippen LogP contribution in [0, 0.1) is 6.92 Å². The summed E-state index contributed by atoms with van der Waals surface area (Å²) in [5.41, 5.74) is 0.740. The molecule has 1 N–H and O–H groups in total. The number of carboxylic acid groups (broad SMARTS) is 1. The van der Waals surface area contributed by atoms with Gasteiger partial charge < -0.3 is 14.6 Å². The molecule has 0 radical (unpaired) electrons. The number of halogens is 1. The van der Waals surface area contributed by atoms with Gasteiger partial charge in [0, 0.05) is 5.56 Å². The number of carbonyl (C=O) groups is 1. The molecule has 15 heavy (non-hydrogen) atoms. The maximum Gasteiger partial charge on any atom is 0.336 e. The van der Waals surface area contributed by atoms with Gasteiger partial charge in [0.15, 0.2) is 0 Å². The molecular weight excluding hydrogens is 264 g/mol. The lowest BCUT2D eigenvalue weighted by Gasteiger charge is -2.13. The third-order valence-electron chi connectivity index (χ3n) is 2.09. The molecule has 82 valence electrons. The van der Waals surface area contributed by atoms with E-state index in [1.165, 1.54) is 20.3 Å². The van der Waals surface area contributed by atoms with Crippen LogP contribution in [0.4, 0.5) is 0 Å². The largest absolute Gasteiger partial charge is 0.495 e. The molecule has 0 amide bonds. The van der Waals surface area contributed by atoms with Crippen molar-refractivity contribution < 1.29 is 19.4 Å². The Morgan fingerprint density at radius 3 is 2.40 bits per heavy atom. The topological polar surface area (TPSA) is 55.8 Å². The lowest BCUT2D eigenvalue weighted by Crippen LogP contribution is -2.03. The first-order chi connectivity index (χ1) is 7.02. The summed E-state index contributed by atoms with van der Waals surface area (Å²) in [6, 6.07) is 1.46. The average Bonchev–Trinajstić information content (AvgIpc) is 2.18. The fraction of sp³-hybridized carbons (Fsp3) is 0.300. The summed E-state index contributed by atoms with van der Waals surface area (Å²) in [4.78, 5) is 10.9. The molecular formula is C10H11BrO4. The lowest BCUT2D eigenvalue weighted by atomic mass is 10.1. The van der Waals surface area contributed by atoms with Crippen molar-refractivity contribution in [3.05, 3.63) is 21.7 Å². The van der Waals surface area contributed by atoms with Gasteiger partial charge in [0.2, 0.25) is 0 Å². The van der Waals surface area contributed by atoms with Crippen LogP contribution in [-0.2, 0) is 0 Å². The Kier molecular flexibility index (Phi) is 3.57. The standard InChI is InChI=1S/C10H11BrO4/c1-5-6(10(12)13)4-7(14-2)8(11)9(5)15-3/h4H,1-3H3,(H,12,13). The van der Waals surface area contributed by atoms with Crippen molar-refractivity contribution in [2.75, 3.05) is 14.2 Å². The van der Waals surface area contributed by atoms with Crippen LogP contribution in [-0.4, -0.2) is 25.3 Å². The Bertz CT molecular complexity index is 401. The molecule has 1 aromatic rings. The SMILES string of the molecule is COc1cc(C(=O)O)c(C)c(OC)c1Br. The molecule has 0 saturated heterocycles. The minimum absolute atomic E-state index is 0.173. The Hall–Kier alpha value is -1.23. The van der Waals surface area contributed by atoms with Crippen LogP contribution in [0.25, 0.3) is 0 Å². The summed E-state index contributed by atoms with van der Waals surface area (Å²) < 4.78 is 10.8. The first-order valence-electron chi connectivity index (χ1n) is 4.17. The molecule has 0 saturated carbocycles. The second-order valence-electron chi connectivity index (χ2n) is 2.90. The van der Waals surface area contributed by atoms with Gasteiger partial charge in [0.05, 0.1) is 19.8 Å². The number of ether oxygens (including phenoxy) is 2. The first kappa shape index (κ1) is 11.8. The van der Waals surface area contributed by atoms with Gasteiger partial charge in [-0.2, -0.15) is 0 Å². The molecule has 0 bridgehead atoms. The fourth-order valence-corrected chi connectivity index (χ4v) is 2.05. The van der Waals surface area contributed by atoms with Crippen molar-refractivity contribution in [1.29, 1.82) is 0 Å². The highest BCUT2D eigenvalue weighted by Gasteiger charge is 2.18. The smallest absolute Gasteiger partial charge is 0.336 e. The van der Waals surface area contributed by atoms with Crippen molar-refractivity contribution in [3.8, 4) is 11.5 Å². The maximum atomic E-state index is 10.9. The maximum absolute atomic E-state index is 10.9. The van der Waals surface area contributed by atoms with E-state index >= 15 is 0 Å². The highest BCUT2D eigenvalue weighted by molar-refractivity contribution is 9.10. The number of benzene rings is 1. The Labute approximate surface area is 95.9 Å². The van der Waals surface area contributed by atoms with Crippen LogP contribution in [0.5, 0.6) is 11.5 Å². The zero-order chi connectivity index (χ0) is 11.6. The molecule has 0 aliphatic carbocycles. The predicted molar refractivity (Wildman–Crippen MR) is 58.9 cm³/mol. The molecule has 0 heterocycles. The second kappa shape index (κ2) is 4.53. The third kappa shape index (κ3) is 2.07. The number of hydrogen-bond donors (Lipinski definition) is 1. The zero-order valence-corrected chi connectivity index (χ0v) is 10.2. The number of hydrogen-bond acceptors (Lipinski definition) is 3. The molecule has 1 rings (SSSR count). The number of rotatable bonds is 3. The van der Waals surface area contributed by atoms with Gasteiger partial charge in [-0.15, -0.1) is 0 Å². The molecule has 0 atom stereocenters. The molecule has 5 heteroatoms. The van der Waals surface area contributed by atoms with Crippen molar-refractivity contribution >= 4 is 21.9 Å². The second-order valence-corrected chi connectivity index (χ2v) is 3.70. The van der Waals surface area contributed by atoms with E-state index in [9.17, 15) is 4.79 Å². The average molecular weight is 275 g/mol. The van der Waals surface area contributed by atoms with Crippen LogP contribution in [0.2, 0.25) is 0 Å². The number of aromatic carboxylic acids is 1. The van der Waals surface area contributed by atoms with Crippen LogP contribution in [0.3, 0.4) is 0 Å². The van der Waals surface area contributed by atoms with E-state index in [2.05, 4.69) is 15.9 Å². The highest BCUT2D eigenvalue weighted by atomic mass is 79.9. The third-order valence-corrected chi connectivity index (χ3v) is 2.84. The highest BCUT2D eigenvalue weighted by Crippen LogP contribution is 2.38. The molecule has 0 aromatic heterocycles. The summed E-state index contributed by atoms with van der Waals surface area (Å²) >= 11 is 3.29. The molecule has 0 unspecified atom stereocenters. The molecule has 0 aliphatic rings. The van der Waals surface area contributed by atoms with E-state index in [1.807, 2.05) is 0 Å². The van der Waals surface area contributed by atoms with E-state index in [0.717, 1.165) is 0 Å². The van der Waals surface area contributed by atoms with Crippen molar-refractivity contribution in [2.45, 2.75) is 6.92 Å². The van der Waals surface area contributed by atoms with Crippen molar-refractivity contribution in [3.63, 3.8) is 0 Å². The van der Waals surface area contributed by atoms with E-state index < -0.39 is 5.97 Å². The number of carboxylic acids is 1. The zero-order valence-electron chi connectivity index (χ0n) is 8.63. The molecule has 0 fully saturated rings. The quantitative estimate of drug-likeness (QED) is 0.920. The lowest BCUT2D eigenvalue weighted by molar-refractivity contribution is 0.0695. The van der Waals surface area contributed by atoms with E-state index in [1.54, 1.807) is 6.92 Å². The summed E-state index contributed by atoms with van der Waals surface area (Å²) in [5.74, 6) is -0.0850. The van der Waals surface area contributed by atoms with Gasteiger partial charge in [-0.1, -0.05) is 0 Å². The van der Waals surface area contributed by atoms with Crippen LogP contribution >= 0.6 is 15.9 Å². The van der Waals surface area contributed by atoms with Gasteiger partial charge in [-0.05, 0) is 28.9 Å². The van der Waals surface area contributed by atoms with Gasteiger partial charge in [-0.25, -0.2) is 4.79 Å². The summed E-state index contributed by atoms with van der Waals surface area (Å²) in [5, 5.41) is 8.97. The number of methoxy groups -OCH3 is 2. The fourth-order valence-electron chi connectivity index (χ4n) is 1.31. The van der Waals surface area contributed by atoms with Crippen LogP contribution in [0.15, 0.2) is 10.5 Å². The molecule has 0 spiro atoms. The van der Waals surface area contributed by atoms with E-state index in [4.69, 9.17) is 14.6 Å². The Balaban J connectivity index is 3.51. The van der Waals surface area contributed by atoms with E-state index in [0.29, 0.717) is 21.5 Å². The molecule has 4 nitrogen and oxygen atoms in total. The summed E-state index contributed by atoms with van der Waals surface area (Å²) in [6.45, 7) is 1.69. The van der Waals surface area contributed by atoms with Gasteiger partial charge in [0.1, 0.15) is 16.0 Å². The van der Waals surface area contributed by atoms with Gasteiger partial charge >= 0.3 is 5.97 Å². The summed E-state index contributed by atoms with van der Waals surface area (Å²) in [7, 11) is 2.96. The molecule has 0 aliphatic heterocycles. The van der Waals surface area contributed by atoms with E-state index in [-0.39, 0.29) is 5.56 Å². The van der Waals surface area contributed by atoms with Gasteiger partial charge in [-0.3, -0.25) is 0 Å². The normalized spacial score (nSPS) is 9.87. The summed E-state index contributed by atoms with van der Waals surface area (Å²) in [6.07, 6.45) is 0. The Morgan fingerprint density at radius 1 is 1.40 bits per heavy atom.